The first kappa shape index (κ1) is 18.0. The van der Waals surface area contributed by atoms with E-state index in [1.165, 1.54) is 0 Å². The molecular weight excluding hydrogens is 326 g/mol. The van der Waals surface area contributed by atoms with Crippen molar-refractivity contribution in [3.05, 3.63) is 65.7 Å². The average Bonchev–Trinajstić information content (AvgIpc) is 2.54. The van der Waals surface area contributed by atoms with Crippen molar-refractivity contribution in [1.82, 2.24) is 5.32 Å². The molecule has 0 aliphatic rings. The largest absolute Gasteiger partial charge is 0.492 e. The molecule has 1 N–H and O–H groups in total. The molecule has 0 unspecified atom stereocenters. The molecule has 5 nitrogen and oxygen atoms in total. The summed E-state index contributed by atoms with van der Waals surface area (Å²) in [6.07, 6.45) is 0. The van der Waals surface area contributed by atoms with Crippen molar-refractivity contribution >= 4 is 15.7 Å². The van der Waals surface area contributed by atoms with Gasteiger partial charge in [-0.25, -0.2) is 8.42 Å². The van der Waals surface area contributed by atoms with Crippen LogP contribution >= 0.6 is 0 Å². The first-order valence-corrected chi connectivity index (χ1v) is 9.48. The van der Waals surface area contributed by atoms with E-state index in [-0.39, 0.29) is 18.9 Å². The Morgan fingerprint density at radius 3 is 2.42 bits per heavy atom. The van der Waals surface area contributed by atoms with E-state index in [0.29, 0.717) is 5.75 Å². The third-order valence-corrected chi connectivity index (χ3v) is 4.88. The van der Waals surface area contributed by atoms with Crippen LogP contribution < -0.4 is 10.1 Å². The van der Waals surface area contributed by atoms with E-state index in [9.17, 15) is 13.2 Å². The van der Waals surface area contributed by atoms with Crippen molar-refractivity contribution in [3.8, 4) is 5.75 Å². The van der Waals surface area contributed by atoms with Gasteiger partial charge in [-0.3, -0.25) is 4.79 Å². The normalized spacial score (nSPS) is 11.0. The number of ether oxygens (including phenoxy) is 1. The van der Waals surface area contributed by atoms with E-state index in [1.54, 1.807) is 12.1 Å². The van der Waals surface area contributed by atoms with Crippen LogP contribution in [0.5, 0.6) is 5.75 Å². The number of aryl methyl sites for hydroxylation is 1. The van der Waals surface area contributed by atoms with Crippen molar-refractivity contribution < 1.29 is 17.9 Å². The summed E-state index contributed by atoms with van der Waals surface area (Å²) in [4.78, 5) is 11.8. The topological polar surface area (TPSA) is 72.5 Å². The molecule has 0 aromatic heterocycles. The summed E-state index contributed by atoms with van der Waals surface area (Å²) in [7, 11) is -3.50. The van der Waals surface area contributed by atoms with Crippen molar-refractivity contribution in [2.75, 3.05) is 18.9 Å². The van der Waals surface area contributed by atoms with Gasteiger partial charge in [0.1, 0.15) is 18.1 Å². The Balaban J connectivity index is 1.76. The molecule has 6 heteroatoms. The molecule has 0 aliphatic carbocycles. The molecular formula is C18H21NO4S. The minimum absolute atomic E-state index is 0.131. The number of hydrogen-bond acceptors (Lipinski definition) is 4. The van der Waals surface area contributed by atoms with Gasteiger partial charge in [-0.15, -0.1) is 0 Å². The Morgan fingerprint density at radius 2 is 1.71 bits per heavy atom. The second-order valence-corrected chi connectivity index (χ2v) is 7.53. The van der Waals surface area contributed by atoms with Gasteiger partial charge in [0.2, 0.25) is 5.91 Å². The van der Waals surface area contributed by atoms with Crippen molar-refractivity contribution in [1.29, 1.82) is 0 Å². The lowest BCUT2D eigenvalue weighted by molar-refractivity contribution is -0.118. The van der Waals surface area contributed by atoms with Crippen molar-refractivity contribution in [2.45, 2.75) is 12.7 Å². The van der Waals surface area contributed by atoms with E-state index in [2.05, 4.69) is 5.32 Å². The second-order valence-electron chi connectivity index (χ2n) is 5.47. The molecule has 1 amide bonds. The van der Waals surface area contributed by atoms with Gasteiger partial charge in [0.05, 0.1) is 12.3 Å². The van der Waals surface area contributed by atoms with Gasteiger partial charge < -0.3 is 10.1 Å². The summed E-state index contributed by atoms with van der Waals surface area (Å²) in [6.45, 7) is 2.40. The van der Waals surface area contributed by atoms with Gasteiger partial charge >= 0.3 is 0 Å². The first-order valence-electron chi connectivity index (χ1n) is 7.66. The van der Waals surface area contributed by atoms with E-state index in [1.807, 2.05) is 49.4 Å². The van der Waals surface area contributed by atoms with Gasteiger partial charge in [-0.2, -0.15) is 0 Å². The maximum Gasteiger partial charge on any atom is 0.235 e. The number of carbonyl (C=O) groups is 1. The van der Waals surface area contributed by atoms with Gasteiger partial charge in [0.15, 0.2) is 9.84 Å². The summed E-state index contributed by atoms with van der Waals surface area (Å²) < 4.78 is 29.7. The molecule has 2 aromatic rings. The van der Waals surface area contributed by atoms with Gasteiger partial charge in [0, 0.05) is 0 Å². The second kappa shape index (κ2) is 8.49. The molecule has 0 radical (unpaired) electrons. The van der Waals surface area contributed by atoms with E-state index in [4.69, 9.17) is 4.74 Å². The number of carbonyl (C=O) groups excluding carboxylic acids is 1. The molecule has 0 fully saturated rings. The Hall–Kier alpha value is -2.34. The summed E-state index contributed by atoms with van der Waals surface area (Å²) in [5.74, 6) is -0.459. The molecule has 24 heavy (non-hydrogen) atoms. The molecule has 0 spiro atoms. The zero-order valence-electron chi connectivity index (χ0n) is 13.6. The lowest BCUT2D eigenvalue weighted by Gasteiger charge is -2.09. The van der Waals surface area contributed by atoms with Crippen LogP contribution in [0.15, 0.2) is 54.6 Å². The van der Waals surface area contributed by atoms with Gasteiger partial charge in [-0.1, -0.05) is 42.5 Å². The van der Waals surface area contributed by atoms with Crippen LogP contribution in [-0.2, 0) is 20.4 Å². The molecule has 0 saturated heterocycles. The standard InChI is InChI=1S/C18H21NO4S/c1-15-7-5-6-8-16(15)13-24(21,22)14-18(20)19-11-12-23-17-9-3-2-4-10-17/h2-10H,11-14H2,1H3,(H,19,20). The lowest BCUT2D eigenvalue weighted by Crippen LogP contribution is -2.33. The van der Waals surface area contributed by atoms with E-state index in [0.717, 1.165) is 11.1 Å². The Bertz CT molecular complexity index is 773. The smallest absolute Gasteiger partial charge is 0.235 e. The third-order valence-electron chi connectivity index (χ3n) is 3.42. The quantitative estimate of drug-likeness (QED) is 0.742. The summed E-state index contributed by atoms with van der Waals surface area (Å²) >= 11 is 0. The predicted molar refractivity (Wildman–Crippen MR) is 93.6 cm³/mol. The molecule has 0 saturated carbocycles. The highest BCUT2D eigenvalue weighted by atomic mass is 32.2. The van der Waals surface area contributed by atoms with Crippen LogP contribution in [0.3, 0.4) is 0 Å². The van der Waals surface area contributed by atoms with Crippen LogP contribution in [0, 0.1) is 6.92 Å². The van der Waals surface area contributed by atoms with Gasteiger partial charge in [0.25, 0.3) is 0 Å². The monoisotopic (exact) mass is 347 g/mol. The summed E-state index contributed by atoms with van der Waals surface area (Å²) in [5, 5.41) is 2.57. The van der Waals surface area contributed by atoms with Crippen LogP contribution in [0.2, 0.25) is 0 Å². The fraction of sp³-hybridized carbons (Fsp3) is 0.278. The van der Waals surface area contributed by atoms with E-state index >= 15 is 0 Å². The number of amides is 1. The molecule has 0 aliphatic heterocycles. The number of nitrogens with one attached hydrogen (secondary N) is 1. The fourth-order valence-electron chi connectivity index (χ4n) is 2.19. The van der Waals surface area contributed by atoms with Gasteiger partial charge in [-0.05, 0) is 30.2 Å². The number of sulfone groups is 1. The van der Waals surface area contributed by atoms with Crippen LogP contribution in [0.1, 0.15) is 11.1 Å². The fourth-order valence-corrected chi connectivity index (χ4v) is 3.59. The van der Waals surface area contributed by atoms with Crippen LogP contribution in [0.4, 0.5) is 0 Å². The van der Waals surface area contributed by atoms with E-state index < -0.39 is 21.5 Å². The molecule has 2 aromatic carbocycles. The zero-order valence-corrected chi connectivity index (χ0v) is 14.4. The maximum absolute atomic E-state index is 12.1. The van der Waals surface area contributed by atoms with Crippen LogP contribution in [-0.4, -0.2) is 33.2 Å². The highest BCUT2D eigenvalue weighted by molar-refractivity contribution is 7.91. The van der Waals surface area contributed by atoms with Crippen LogP contribution in [0.25, 0.3) is 0 Å². The Labute approximate surface area is 142 Å². The summed E-state index contributed by atoms with van der Waals surface area (Å²) in [5.41, 5.74) is 1.62. The molecule has 0 atom stereocenters. The number of benzene rings is 2. The zero-order chi connectivity index (χ0) is 17.4. The minimum Gasteiger partial charge on any atom is -0.492 e. The third kappa shape index (κ3) is 6.04. The average molecular weight is 347 g/mol. The molecule has 0 bridgehead atoms. The molecule has 2 rings (SSSR count). The molecule has 128 valence electrons. The predicted octanol–water partition coefficient (Wildman–Crippen LogP) is 2.11. The first-order chi connectivity index (χ1) is 11.5. The van der Waals surface area contributed by atoms with Crippen molar-refractivity contribution in [2.24, 2.45) is 0 Å². The molecule has 0 heterocycles. The Morgan fingerprint density at radius 1 is 1.04 bits per heavy atom. The number of hydrogen-bond donors (Lipinski definition) is 1. The Kier molecular flexibility index (Phi) is 6.37. The number of para-hydroxylation sites is 1. The number of rotatable bonds is 8. The minimum atomic E-state index is -3.50. The highest BCUT2D eigenvalue weighted by Crippen LogP contribution is 2.11. The SMILES string of the molecule is Cc1ccccc1CS(=O)(=O)CC(=O)NCCOc1ccccc1. The maximum atomic E-state index is 12.1. The highest BCUT2D eigenvalue weighted by Gasteiger charge is 2.18. The summed E-state index contributed by atoms with van der Waals surface area (Å²) in [6, 6.07) is 16.5. The van der Waals surface area contributed by atoms with Crippen molar-refractivity contribution in [3.63, 3.8) is 0 Å². The lowest BCUT2D eigenvalue weighted by atomic mass is 10.1.